The maximum atomic E-state index is 11.5. The van der Waals surface area contributed by atoms with Gasteiger partial charge in [0, 0.05) is 12.1 Å². The normalized spacial score (nSPS) is 45.1. The molecule has 2 amide bonds. The van der Waals surface area contributed by atoms with Gasteiger partial charge in [-0.25, -0.2) is 0 Å². The summed E-state index contributed by atoms with van der Waals surface area (Å²) in [5.74, 6) is -0.337. The van der Waals surface area contributed by atoms with Crippen LogP contribution in [-0.4, -0.2) is 28.8 Å². The third kappa shape index (κ3) is 0.579. The number of likely N-dealkylation sites (tertiary alicyclic amines) is 1. The van der Waals surface area contributed by atoms with E-state index in [9.17, 15) is 9.59 Å². The first-order chi connectivity index (χ1) is 5.72. The lowest BCUT2D eigenvalue weighted by molar-refractivity contribution is -0.142. The molecule has 0 bridgehead atoms. The highest BCUT2D eigenvalue weighted by Gasteiger charge is 2.67. The Morgan fingerprint density at radius 3 is 2.08 bits per heavy atom. The quantitative estimate of drug-likeness (QED) is 0.513. The van der Waals surface area contributed by atoms with E-state index in [4.69, 9.17) is 5.73 Å². The fourth-order valence-electron chi connectivity index (χ4n) is 2.09. The number of carbonyl (C=O) groups excluding carboxylic acids is 2. The van der Waals surface area contributed by atoms with Gasteiger partial charge < -0.3 is 5.73 Å². The van der Waals surface area contributed by atoms with Crippen molar-refractivity contribution in [2.45, 2.75) is 24.9 Å². The predicted octanol–water partition coefficient (Wildman–Crippen LogP) is -0.909. The molecule has 0 aromatic rings. The average Bonchev–Trinajstić information content (AvgIpc) is 2.84. The number of carbonyl (C=O) groups is 2. The molecule has 2 atom stereocenters. The molecule has 2 N–H and O–H groups in total. The van der Waals surface area contributed by atoms with Crippen LogP contribution in [-0.2, 0) is 9.59 Å². The summed E-state index contributed by atoms with van der Waals surface area (Å²) in [6.45, 7) is 0. The Morgan fingerprint density at radius 2 is 1.67 bits per heavy atom. The van der Waals surface area contributed by atoms with Crippen molar-refractivity contribution < 1.29 is 9.59 Å². The van der Waals surface area contributed by atoms with Gasteiger partial charge in [0.05, 0.1) is 11.8 Å². The van der Waals surface area contributed by atoms with Gasteiger partial charge >= 0.3 is 0 Å². The summed E-state index contributed by atoms with van der Waals surface area (Å²) < 4.78 is 0. The zero-order valence-electron chi connectivity index (χ0n) is 6.56. The van der Waals surface area contributed by atoms with Crippen molar-refractivity contribution in [3.05, 3.63) is 0 Å². The van der Waals surface area contributed by atoms with Gasteiger partial charge in [-0.05, 0) is 12.8 Å². The van der Waals surface area contributed by atoms with Crippen LogP contribution < -0.4 is 5.73 Å². The van der Waals surface area contributed by atoms with E-state index in [1.807, 2.05) is 0 Å². The standard InChI is InChI=1S/C8H10N2O2/c9-6-4-5(6)8(12)10(7(4)11)3-1-2-3/h3-6H,1-2,9H2. The molecule has 3 fully saturated rings. The van der Waals surface area contributed by atoms with E-state index >= 15 is 0 Å². The molecule has 4 nitrogen and oxygen atoms in total. The Balaban J connectivity index is 1.90. The van der Waals surface area contributed by atoms with E-state index in [1.165, 1.54) is 4.90 Å². The molecule has 1 heterocycles. The largest absolute Gasteiger partial charge is 0.326 e. The summed E-state index contributed by atoms with van der Waals surface area (Å²) in [4.78, 5) is 24.4. The van der Waals surface area contributed by atoms with Crippen LogP contribution in [0.15, 0.2) is 0 Å². The number of nitrogens with two attached hydrogens (primary N) is 1. The zero-order chi connectivity index (χ0) is 8.46. The van der Waals surface area contributed by atoms with Crippen LogP contribution >= 0.6 is 0 Å². The summed E-state index contributed by atoms with van der Waals surface area (Å²) in [6, 6.07) is 0.0602. The zero-order valence-corrected chi connectivity index (χ0v) is 6.56. The van der Waals surface area contributed by atoms with Crippen molar-refractivity contribution >= 4 is 11.8 Å². The molecule has 4 heteroatoms. The second kappa shape index (κ2) is 1.71. The molecule has 0 aromatic carbocycles. The monoisotopic (exact) mass is 166 g/mol. The van der Waals surface area contributed by atoms with Gasteiger partial charge in [0.1, 0.15) is 0 Å². The van der Waals surface area contributed by atoms with Gasteiger partial charge in [-0.1, -0.05) is 0 Å². The van der Waals surface area contributed by atoms with Crippen LogP contribution in [0.5, 0.6) is 0 Å². The highest BCUT2D eigenvalue weighted by atomic mass is 16.2. The van der Waals surface area contributed by atoms with Crippen LogP contribution in [0.3, 0.4) is 0 Å². The lowest BCUT2D eigenvalue weighted by atomic mass is 10.3. The second-order valence-electron chi connectivity index (χ2n) is 3.91. The maximum Gasteiger partial charge on any atom is 0.235 e. The lowest BCUT2D eigenvalue weighted by Gasteiger charge is -2.15. The summed E-state index contributed by atoms with van der Waals surface area (Å²) in [7, 11) is 0. The van der Waals surface area contributed by atoms with Crippen molar-refractivity contribution in [1.82, 2.24) is 4.90 Å². The van der Waals surface area contributed by atoms with Gasteiger partial charge in [-0.3, -0.25) is 14.5 Å². The molecule has 0 spiro atoms. The number of rotatable bonds is 1. The Labute approximate surface area is 69.7 Å². The summed E-state index contributed by atoms with van der Waals surface area (Å²) in [6.07, 6.45) is 1.98. The number of imide groups is 1. The number of piperidine rings is 1. The molecule has 12 heavy (non-hydrogen) atoms. The van der Waals surface area contributed by atoms with Gasteiger partial charge in [0.2, 0.25) is 11.8 Å². The summed E-state index contributed by atoms with van der Waals surface area (Å²) >= 11 is 0. The van der Waals surface area contributed by atoms with E-state index in [-0.39, 0.29) is 35.7 Å². The number of hydrogen-bond donors (Lipinski definition) is 1. The minimum Gasteiger partial charge on any atom is -0.326 e. The highest BCUT2D eigenvalue weighted by molar-refractivity contribution is 6.10. The number of amides is 2. The molecule has 1 aliphatic heterocycles. The number of hydrogen-bond acceptors (Lipinski definition) is 3. The molecular formula is C8H10N2O2. The average molecular weight is 166 g/mol. The first-order valence-corrected chi connectivity index (χ1v) is 4.34. The SMILES string of the molecule is NC1C2C(=O)N(C3CC3)C(=O)C12. The van der Waals surface area contributed by atoms with Crippen molar-refractivity contribution in [3.8, 4) is 0 Å². The van der Waals surface area contributed by atoms with E-state index < -0.39 is 0 Å². The van der Waals surface area contributed by atoms with Gasteiger partial charge in [0.25, 0.3) is 0 Å². The van der Waals surface area contributed by atoms with Crippen LogP contribution in [0.4, 0.5) is 0 Å². The number of fused-ring (bicyclic) bond motifs is 1. The fraction of sp³-hybridized carbons (Fsp3) is 0.750. The van der Waals surface area contributed by atoms with Gasteiger partial charge in [-0.15, -0.1) is 0 Å². The van der Waals surface area contributed by atoms with Crippen LogP contribution in [0.25, 0.3) is 0 Å². The van der Waals surface area contributed by atoms with Crippen molar-refractivity contribution in [2.75, 3.05) is 0 Å². The number of nitrogens with zero attached hydrogens (tertiary/aromatic N) is 1. The molecule has 2 saturated carbocycles. The second-order valence-corrected chi connectivity index (χ2v) is 3.91. The summed E-state index contributed by atoms with van der Waals surface area (Å²) in [5.41, 5.74) is 5.57. The van der Waals surface area contributed by atoms with E-state index in [1.54, 1.807) is 0 Å². The van der Waals surface area contributed by atoms with E-state index in [0.717, 1.165) is 12.8 Å². The molecule has 2 aliphatic carbocycles. The van der Waals surface area contributed by atoms with Crippen molar-refractivity contribution in [1.29, 1.82) is 0 Å². The highest BCUT2D eigenvalue weighted by Crippen LogP contribution is 2.49. The van der Waals surface area contributed by atoms with E-state index in [0.29, 0.717) is 0 Å². The Bertz CT molecular complexity index is 263. The first-order valence-electron chi connectivity index (χ1n) is 4.34. The van der Waals surface area contributed by atoms with Crippen LogP contribution in [0.2, 0.25) is 0 Å². The van der Waals surface area contributed by atoms with E-state index in [2.05, 4.69) is 0 Å². The van der Waals surface area contributed by atoms with Gasteiger partial charge in [-0.2, -0.15) is 0 Å². The smallest absolute Gasteiger partial charge is 0.235 e. The fourth-order valence-corrected chi connectivity index (χ4v) is 2.09. The minimum absolute atomic E-state index is 0.0139. The molecule has 64 valence electrons. The lowest BCUT2D eigenvalue weighted by Crippen LogP contribution is -2.38. The summed E-state index contributed by atoms with van der Waals surface area (Å²) in [5, 5.41) is 0. The minimum atomic E-state index is -0.167. The molecule has 3 rings (SSSR count). The molecule has 2 unspecified atom stereocenters. The van der Waals surface area contributed by atoms with Crippen molar-refractivity contribution in [2.24, 2.45) is 17.6 Å². The molecule has 1 saturated heterocycles. The Morgan fingerprint density at radius 1 is 1.17 bits per heavy atom. The Hall–Kier alpha value is -0.900. The molecule has 3 aliphatic rings. The van der Waals surface area contributed by atoms with Crippen molar-refractivity contribution in [3.63, 3.8) is 0 Å². The maximum absolute atomic E-state index is 11.5. The molecular weight excluding hydrogens is 156 g/mol. The topological polar surface area (TPSA) is 63.4 Å². The predicted molar refractivity (Wildman–Crippen MR) is 39.8 cm³/mol. The van der Waals surface area contributed by atoms with Crippen LogP contribution in [0, 0.1) is 11.8 Å². The molecule has 0 radical (unpaired) electrons. The first kappa shape index (κ1) is 6.60. The third-order valence-corrected chi connectivity index (χ3v) is 3.03. The van der Waals surface area contributed by atoms with Gasteiger partial charge in [0.15, 0.2) is 0 Å². The molecule has 0 aromatic heterocycles. The third-order valence-electron chi connectivity index (χ3n) is 3.03. The van der Waals surface area contributed by atoms with Crippen LogP contribution in [0.1, 0.15) is 12.8 Å². The Kier molecular flexibility index (Phi) is 0.942.